The Hall–Kier alpha value is -1.32. The van der Waals surface area contributed by atoms with Crippen molar-refractivity contribution >= 4 is 11.6 Å². The molecule has 0 spiro atoms. The van der Waals surface area contributed by atoms with Crippen LogP contribution < -0.4 is 5.32 Å². The Balaban J connectivity index is 1.41. The molecule has 1 fully saturated rings. The molecule has 0 atom stereocenters. The third-order valence-corrected chi connectivity index (χ3v) is 4.04. The van der Waals surface area contributed by atoms with Crippen LogP contribution in [0.25, 0.3) is 0 Å². The molecule has 0 bridgehead atoms. The van der Waals surface area contributed by atoms with E-state index in [1.807, 2.05) is 18.3 Å². The summed E-state index contributed by atoms with van der Waals surface area (Å²) in [5.74, 6) is 1.72. The number of nitrogens with one attached hydrogen (secondary N) is 2. The highest BCUT2D eigenvalue weighted by Crippen LogP contribution is 2.37. The van der Waals surface area contributed by atoms with Gasteiger partial charge in [0.1, 0.15) is 5.82 Å². The fourth-order valence-electron chi connectivity index (χ4n) is 2.65. The number of rotatable bonds is 5. The van der Waals surface area contributed by atoms with Crippen LogP contribution in [-0.2, 0) is 6.42 Å². The maximum atomic E-state index is 6.02. The second-order valence-electron chi connectivity index (χ2n) is 5.16. The van der Waals surface area contributed by atoms with Gasteiger partial charge in [-0.15, -0.1) is 0 Å². The maximum absolute atomic E-state index is 6.02. The summed E-state index contributed by atoms with van der Waals surface area (Å²) < 4.78 is 0. The second kappa shape index (κ2) is 5.76. The first-order valence-corrected chi connectivity index (χ1v) is 7.16. The summed E-state index contributed by atoms with van der Waals surface area (Å²) in [5, 5.41) is 4.42. The molecular weight excluding hydrogens is 258 g/mol. The van der Waals surface area contributed by atoms with Crippen molar-refractivity contribution in [2.24, 2.45) is 0 Å². The summed E-state index contributed by atoms with van der Waals surface area (Å²) in [6, 6.07) is 8.87. The smallest absolute Gasteiger partial charge is 0.107 e. The molecule has 3 rings (SSSR count). The van der Waals surface area contributed by atoms with Crippen LogP contribution in [0.4, 0.5) is 0 Å². The fourth-order valence-corrected chi connectivity index (χ4v) is 2.85. The Morgan fingerprint density at radius 3 is 3.00 bits per heavy atom. The van der Waals surface area contributed by atoms with Crippen LogP contribution in [-0.4, -0.2) is 22.6 Å². The van der Waals surface area contributed by atoms with Crippen LogP contribution in [0.5, 0.6) is 0 Å². The molecule has 1 saturated carbocycles. The van der Waals surface area contributed by atoms with E-state index in [1.54, 1.807) is 6.20 Å². The van der Waals surface area contributed by atoms with E-state index in [1.165, 1.54) is 18.4 Å². The molecule has 3 nitrogen and oxygen atoms in total. The molecule has 1 heterocycles. The predicted octanol–water partition coefficient (Wildman–Crippen LogP) is 3.14. The van der Waals surface area contributed by atoms with Gasteiger partial charge in [0.15, 0.2) is 0 Å². The number of imidazole rings is 1. The number of halogens is 1. The molecule has 0 unspecified atom stereocenters. The number of H-pyrrole nitrogens is 1. The maximum Gasteiger partial charge on any atom is 0.107 e. The van der Waals surface area contributed by atoms with Gasteiger partial charge in [0.05, 0.1) is 0 Å². The average molecular weight is 276 g/mol. The molecule has 2 N–H and O–H groups in total. The van der Waals surface area contributed by atoms with Gasteiger partial charge in [0, 0.05) is 36.4 Å². The standard InChI is InChI=1S/C15H18ClN3/c16-13-3-1-2-11(8-13)12-9-14(10-12)17-5-4-15-18-6-7-19-15/h1-3,6-8,12,14,17H,4-5,9-10H2,(H,18,19). The zero-order valence-electron chi connectivity index (χ0n) is 10.8. The minimum atomic E-state index is 0.638. The van der Waals surface area contributed by atoms with Crippen LogP contribution in [0.2, 0.25) is 5.02 Å². The number of hydrogen-bond donors (Lipinski definition) is 2. The molecule has 19 heavy (non-hydrogen) atoms. The third kappa shape index (κ3) is 3.17. The summed E-state index contributed by atoms with van der Waals surface area (Å²) >= 11 is 6.02. The zero-order valence-corrected chi connectivity index (χ0v) is 11.5. The minimum Gasteiger partial charge on any atom is -0.349 e. The van der Waals surface area contributed by atoms with E-state index in [0.717, 1.165) is 23.8 Å². The third-order valence-electron chi connectivity index (χ3n) is 3.81. The summed E-state index contributed by atoms with van der Waals surface area (Å²) in [7, 11) is 0. The van der Waals surface area contributed by atoms with Crippen LogP contribution >= 0.6 is 11.6 Å². The normalized spacial score (nSPS) is 22.2. The molecule has 100 valence electrons. The highest BCUT2D eigenvalue weighted by atomic mass is 35.5. The van der Waals surface area contributed by atoms with E-state index in [4.69, 9.17) is 11.6 Å². The Morgan fingerprint density at radius 2 is 2.26 bits per heavy atom. The van der Waals surface area contributed by atoms with Crippen molar-refractivity contribution in [3.05, 3.63) is 53.1 Å². The van der Waals surface area contributed by atoms with E-state index in [0.29, 0.717) is 12.0 Å². The van der Waals surface area contributed by atoms with Gasteiger partial charge < -0.3 is 10.3 Å². The summed E-state index contributed by atoms with van der Waals surface area (Å²) in [6.07, 6.45) is 7.05. The summed E-state index contributed by atoms with van der Waals surface area (Å²) in [5.41, 5.74) is 1.37. The van der Waals surface area contributed by atoms with Gasteiger partial charge in [-0.3, -0.25) is 0 Å². The second-order valence-corrected chi connectivity index (χ2v) is 5.60. The minimum absolute atomic E-state index is 0.638. The molecule has 1 aliphatic rings. The first-order chi connectivity index (χ1) is 9.31. The number of aromatic amines is 1. The van der Waals surface area contributed by atoms with Crippen LogP contribution in [0.15, 0.2) is 36.7 Å². The van der Waals surface area contributed by atoms with Gasteiger partial charge >= 0.3 is 0 Å². The molecule has 1 aromatic carbocycles. The van der Waals surface area contributed by atoms with Crippen LogP contribution in [0, 0.1) is 0 Å². The molecule has 0 radical (unpaired) electrons. The summed E-state index contributed by atoms with van der Waals surface area (Å²) in [4.78, 5) is 7.34. The SMILES string of the molecule is Clc1cccc(C2CC(NCCc3ncc[nH]3)C2)c1. The van der Waals surface area contributed by atoms with Crippen molar-refractivity contribution in [3.63, 3.8) is 0 Å². The highest BCUT2D eigenvalue weighted by Gasteiger charge is 2.29. The van der Waals surface area contributed by atoms with Gasteiger partial charge in [-0.25, -0.2) is 4.98 Å². The Bertz CT molecular complexity index is 518. The molecule has 1 aromatic heterocycles. The lowest BCUT2D eigenvalue weighted by molar-refractivity contribution is 0.292. The molecule has 0 amide bonds. The first-order valence-electron chi connectivity index (χ1n) is 6.78. The highest BCUT2D eigenvalue weighted by molar-refractivity contribution is 6.30. The molecular formula is C15H18ClN3. The Kier molecular flexibility index (Phi) is 3.85. The van der Waals surface area contributed by atoms with Gasteiger partial charge in [0.25, 0.3) is 0 Å². The van der Waals surface area contributed by atoms with Crippen LogP contribution in [0.3, 0.4) is 0 Å². The topological polar surface area (TPSA) is 40.7 Å². The van der Waals surface area contributed by atoms with E-state index >= 15 is 0 Å². The fraction of sp³-hybridized carbons (Fsp3) is 0.400. The van der Waals surface area contributed by atoms with E-state index < -0.39 is 0 Å². The Morgan fingerprint density at radius 1 is 1.37 bits per heavy atom. The summed E-state index contributed by atoms with van der Waals surface area (Å²) in [6.45, 7) is 0.987. The lowest BCUT2D eigenvalue weighted by atomic mass is 9.76. The number of hydrogen-bond acceptors (Lipinski definition) is 2. The van der Waals surface area contributed by atoms with Crippen molar-refractivity contribution in [3.8, 4) is 0 Å². The monoisotopic (exact) mass is 275 g/mol. The largest absolute Gasteiger partial charge is 0.349 e. The van der Waals surface area contributed by atoms with Crippen molar-refractivity contribution in [1.29, 1.82) is 0 Å². The van der Waals surface area contributed by atoms with Gasteiger partial charge in [0.2, 0.25) is 0 Å². The van der Waals surface area contributed by atoms with Crippen LogP contribution in [0.1, 0.15) is 30.1 Å². The van der Waals surface area contributed by atoms with Crippen molar-refractivity contribution in [2.45, 2.75) is 31.2 Å². The van der Waals surface area contributed by atoms with Gasteiger partial charge in [-0.1, -0.05) is 23.7 Å². The molecule has 2 aromatic rings. The average Bonchev–Trinajstić information content (AvgIpc) is 2.85. The van der Waals surface area contributed by atoms with Crippen molar-refractivity contribution in [1.82, 2.24) is 15.3 Å². The zero-order chi connectivity index (χ0) is 13.1. The molecule has 1 aliphatic carbocycles. The van der Waals surface area contributed by atoms with Crippen molar-refractivity contribution < 1.29 is 0 Å². The van der Waals surface area contributed by atoms with Gasteiger partial charge in [-0.2, -0.15) is 0 Å². The van der Waals surface area contributed by atoms with Gasteiger partial charge in [-0.05, 0) is 36.5 Å². The predicted molar refractivity (Wildman–Crippen MR) is 77.5 cm³/mol. The quantitative estimate of drug-likeness (QED) is 0.880. The molecule has 0 saturated heterocycles. The molecule has 0 aliphatic heterocycles. The van der Waals surface area contributed by atoms with E-state index in [-0.39, 0.29) is 0 Å². The number of nitrogens with zero attached hydrogens (tertiary/aromatic N) is 1. The lowest BCUT2D eigenvalue weighted by Crippen LogP contribution is -2.41. The lowest BCUT2D eigenvalue weighted by Gasteiger charge is -2.36. The molecule has 4 heteroatoms. The first kappa shape index (κ1) is 12.7. The number of benzene rings is 1. The number of aromatic nitrogens is 2. The van der Waals surface area contributed by atoms with Crippen molar-refractivity contribution in [2.75, 3.05) is 6.54 Å². The van der Waals surface area contributed by atoms with E-state index in [2.05, 4.69) is 27.4 Å². The Labute approximate surface area is 118 Å². The van der Waals surface area contributed by atoms with E-state index in [9.17, 15) is 0 Å².